The molecule has 0 aliphatic rings. The van der Waals surface area contributed by atoms with Crippen LogP contribution >= 0.6 is 0 Å². The Hall–Kier alpha value is -3.15. The smallest absolute Gasteiger partial charge is 0.274 e. The number of carbonyl (C=O) groups is 1. The first-order valence-corrected chi connectivity index (χ1v) is 7.60. The van der Waals surface area contributed by atoms with Gasteiger partial charge in [-0.2, -0.15) is 0 Å². The van der Waals surface area contributed by atoms with Gasteiger partial charge in [0.15, 0.2) is 0 Å². The SMILES string of the molecule is Cc1cccc(C)c1NC(=O)c1ccnc(NCc2ccco2)n1. The average Bonchev–Trinajstić information content (AvgIpc) is 3.10. The van der Waals surface area contributed by atoms with Crippen molar-refractivity contribution in [2.45, 2.75) is 20.4 Å². The number of aryl methyl sites for hydroxylation is 2. The third kappa shape index (κ3) is 3.60. The van der Waals surface area contributed by atoms with Crippen molar-refractivity contribution in [3.05, 3.63) is 71.4 Å². The number of nitrogens with one attached hydrogen (secondary N) is 2. The Bertz CT molecular complexity index is 824. The first kappa shape index (κ1) is 15.7. The summed E-state index contributed by atoms with van der Waals surface area (Å²) in [4.78, 5) is 20.8. The quantitative estimate of drug-likeness (QED) is 0.751. The molecule has 122 valence electrons. The number of hydrogen-bond acceptors (Lipinski definition) is 5. The average molecular weight is 322 g/mol. The highest BCUT2D eigenvalue weighted by Crippen LogP contribution is 2.20. The normalized spacial score (nSPS) is 10.4. The van der Waals surface area contributed by atoms with Crippen molar-refractivity contribution in [1.29, 1.82) is 0 Å². The predicted molar refractivity (Wildman–Crippen MR) is 91.9 cm³/mol. The molecule has 0 spiro atoms. The lowest BCUT2D eigenvalue weighted by atomic mass is 10.1. The Balaban J connectivity index is 1.72. The number of furan rings is 1. The number of amides is 1. The monoisotopic (exact) mass is 322 g/mol. The zero-order chi connectivity index (χ0) is 16.9. The fourth-order valence-corrected chi connectivity index (χ4v) is 2.34. The summed E-state index contributed by atoms with van der Waals surface area (Å²) < 4.78 is 5.24. The fourth-order valence-electron chi connectivity index (χ4n) is 2.34. The van der Waals surface area contributed by atoms with E-state index in [9.17, 15) is 4.79 Å². The van der Waals surface area contributed by atoms with Gasteiger partial charge >= 0.3 is 0 Å². The molecule has 0 bridgehead atoms. The second-order valence-corrected chi connectivity index (χ2v) is 5.42. The Morgan fingerprint density at radius 1 is 1.12 bits per heavy atom. The third-order valence-electron chi connectivity index (χ3n) is 3.61. The molecule has 3 aromatic rings. The van der Waals surface area contributed by atoms with Gasteiger partial charge in [0, 0.05) is 11.9 Å². The number of carbonyl (C=O) groups excluding carboxylic acids is 1. The predicted octanol–water partition coefficient (Wildman–Crippen LogP) is 3.55. The summed E-state index contributed by atoms with van der Waals surface area (Å²) in [6.07, 6.45) is 3.16. The molecule has 0 aliphatic heterocycles. The van der Waals surface area contributed by atoms with E-state index in [0.29, 0.717) is 18.2 Å². The van der Waals surface area contributed by atoms with Gasteiger partial charge in [-0.25, -0.2) is 9.97 Å². The number of rotatable bonds is 5. The first-order valence-electron chi connectivity index (χ1n) is 7.60. The maximum Gasteiger partial charge on any atom is 0.274 e. The molecule has 2 heterocycles. The molecule has 0 aliphatic carbocycles. The van der Waals surface area contributed by atoms with Crippen molar-refractivity contribution in [2.24, 2.45) is 0 Å². The molecule has 2 aromatic heterocycles. The highest BCUT2D eigenvalue weighted by molar-refractivity contribution is 6.03. The fraction of sp³-hybridized carbons (Fsp3) is 0.167. The molecule has 1 aromatic carbocycles. The Kier molecular flexibility index (Phi) is 4.56. The maximum absolute atomic E-state index is 12.5. The molecule has 3 rings (SSSR count). The van der Waals surface area contributed by atoms with Crippen LogP contribution in [0.3, 0.4) is 0 Å². The second kappa shape index (κ2) is 6.95. The standard InChI is InChI=1S/C18H18N4O2/c1-12-5-3-6-13(2)16(12)22-17(23)15-8-9-19-18(21-15)20-11-14-7-4-10-24-14/h3-10H,11H2,1-2H3,(H,22,23)(H,19,20,21). The molecule has 6 nitrogen and oxygen atoms in total. The van der Waals surface area contributed by atoms with Crippen molar-refractivity contribution in [3.63, 3.8) is 0 Å². The van der Waals surface area contributed by atoms with Crippen LogP contribution in [0.1, 0.15) is 27.4 Å². The van der Waals surface area contributed by atoms with Gasteiger partial charge in [0.05, 0.1) is 12.8 Å². The molecule has 0 saturated heterocycles. The van der Waals surface area contributed by atoms with Crippen LogP contribution in [0, 0.1) is 13.8 Å². The number of benzene rings is 1. The van der Waals surface area contributed by atoms with E-state index in [-0.39, 0.29) is 5.91 Å². The van der Waals surface area contributed by atoms with Crippen LogP contribution in [-0.4, -0.2) is 15.9 Å². The van der Waals surface area contributed by atoms with Gasteiger partial charge in [0.2, 0.25) is 5.95 Å². The zero-order valence-corrected chi connectivity index (χ0v) is 13.5. The summed E-state index contributed by atoms with van der Waals surface area (Å²) in [6.45, 7) is 4.37. The summed E-state index contributed by atoms with van der Waals surface area (Å²) in [6, 6.07) is 11.1. The van der Waals surface area contributed by atoms with Crippen molar-refractivity contribution in [1.82, 2.24) is 9.97 Å². The van der Waals surface area contributed by atoms with Crippen molar-refractivity contribution >= 4 is 17.5 Å². The van der Waals surface area contributed by atoms with Gasteiger partial charge in [-0.15, -0.1) is 0 Å². The Morgan fingerprint density at radius 2 is 1.92 bits per heavy atom. The van der Waals surface area contributed by atoms with E-state index in [2.05, 4.69) is 20.6 Å². The molecule has 0 fully saturated rings. The topological polar surface area (TPSA) is 80.0 Å². The Labute approximate surface area is 140 Å². The van der Waals surface area contributed by atoms with Gasteiger partial charge in [-0.3, -0.25) is 4.79 Å². The number of para-hydroxylation sites is 1. The van der Waals surface area contributed by atoms with Crippen LogP contribution in [-0.2, 0) is 6.54 Å². The van der Waals surface area contributed by atoms with Gasteiger partial charge in [-0.1, -0.05) is 18.2 Å². The summed E-state index contributed by atoms with van der Waals surface area (Å²) in [5.74, 6) is 0.875. The van der Waals surface area contributed by atoms with Gasteiger partial charge < -0.3 is 15.1 Å². The first-order chi connectivity index (χ1) is 11.6. The van der Waals surface area contributed by atoms with Crippen LogP contribution in [0.25, 0.3) is 0 Å². The molecule has 0 saturated carbocycles. The molecule has 0 atom stereocenters. The second-order valence-electron chi connectivity index (χ2n) is 5.42. The summed E-state index contributed by atoms with van der Waals surface area (Å²) >= 11 is 0. The van der Waals surface area contributed by atoms with E-state index in [1.807, 2.05) is 44.2 Å². The molecular formula is C18H18N4O2. The number of hydrogen-bond donors (Lipinski definition) is 2. The largest absolute Gasteiger partial charge is 0.467 e. The Morgan fingerprint density at radius 3 is 2.62 bits per heavy atom. The highest BCUT2D eigenvalue weighted by atomic mass is 16.3. The lowest BCUT2D eigenvalue weighted by molar-refractivity contribution is 0.102. The molecule has 0 unspecified atom stereocenters. The maximum atomic E-state index is 12.5. The molecule has 0 radical (unpaired) electrons. The minimum atomic E-state index is -0.268. The van der Waals surface area contributed by atoms with Crippen LogP contribution in [0.5, 0.6) is 0 Å². The van der Waals surface area contributed by atoms with E-state index in [1.54, 1.807) is 18.5 Å². The molecule has 6 heteroatoms. The van der Waals surface area contributed by atoms with Gasteiger partial charge in [-0.05, 0) is 43.2 Å². The van der Waals surface area contributed by atoms with Crippen LogP contribution in [0.4, 0.5) is 11.6 Å². The summed E-state index contributed by atoms with van der Waals surface area (Å²) in [5.41, 5.74) is 3.13. The molecule has 24 heavy (non-hydrogen) atoms. The van der Waals surface area contributed by atoms with Crippen LogP contribution in [0.2, 0.25) is 0 Å². The lowest BCUT2D eigenvalue weighted by Gasteiger charge is -2.11. The number of aromatic nitrogens is 2. The van der Waals surface area contributed by atoms with Crippen molar-refractivity contribution < 1.29 is 9.21 Å². The lowest BCUT2D eigenvalue weighted by Crippen LogP contribution is -2.16. The summed E-state index contributed by atoms with van der Waals surface area (Å²) in [5, 5.41) is 5.95. The minimum absolute atomic E-state index is 0.268. The van der Waals surface area contributed by atoms with E-state index >= 15 is 0 Å². The summed E-state index contributed by atoms with van der Waals surface area (Å²) in [7, 11) is 0. The molecule has 2 N–H and O–H groups in total. The van der Waals surface area contributed by atoms with Crippen molar-refractivity contribution in [2.75, 3.05) is 10.6 Å². The molecular weight excluding hydrogens is 304 g/mol. The van der Waals surface area contributed by atoms with Gasteiger partial charge in [0.25, 0.3) is 5.91 Å². The molecule has 1 amide bonds. The van der Waals surface area contributed by atoms with E-state index in [1.165, 1.54) is 0 Å². The minimum Gasteiger partial charge on any atom is -0.467 e. The van der Waals surface area contributed by atoms with Crippen molar-refractivity contribution in [3.8, 4) is 0 Å². The van der Waals surface area contributed by atoms with Gasteiger partial charge in [0.1, 0.15) is 11.5 Å². The van der Waals surface area contributed by atoms with Crippen LogP contribution < -0.4 is 10.6 Å². The van der Waals surface area contributed by atoms with E-state index in [4.69, 9.17) is 4.42 Å². The van der Waals surface area contributed by atoms with Crippen LogP contribution in [0.15, 0.2) is 53.3 Å². The number of anilines is 2. The van der Waals surface area contributed by atoms with E-state index in [0.717, 1.165) is 22.6 Å². The zero-order valence-electron chi connectivity index (χ0n) is 13.5. The number of nitrogens with zero attached hydrogens (tertiary/aromatic N) is 2. The van der Waals surface area contributed by atoms with E-state index < -0.39 is 0 Å². The third-order valence-corrected chi connectivity index (χ3v) is 3.61. The highest BCUT2D eigenvalue weighted by Gasteiger charge is 2.12.